The van der Waals surface area contributed by atoms with Crippen LogP contribution >= 0.6 is 0 Å². The average Bonchev–Trinajstić information content (AvgIpc) is 3.47. The summed E-state index contributed by atoms with van der Waals surface area (Å²) in [6.45, 7) is 3.02. The Morgan fingerprint density at radius 3 is 2.41 bits per heavy atom. The molecule has 0 amide bonds. The Morgan fingerprint density at radius 1 is 1.08 bits per heavy atom. The molecule has 11 nitrogen and oxygen atoms in total. The molecule has 1 fully saturated rings. The van der Waals surface area contributed by atoms with Gasteiger partial charge in [-0.3, -0.25) is 0 Å². The SMILES string of the molecule is COc1ccc([C@@]23Oc4cc(OCCN(C)C)cc(OC)c4[C@]2(O)[C@H](O)[C@H](c2nnc(N)o2)[C@H]3C)cc1. The zero-order chi connectivity index (χ0) is 26.5. The lowest BCUT2D eigenvalue weighted by Crippen LogP contribution is -2.52. The van der Waals surface area contributed by atoms with Crippen LogP contribution in [-0.2, 0) is 11.2 Å². The molecule has 5 atom stereocenters. The first kappa shape index (κ1) is 25.1. The van der Waals surface area contributed by atoms with E-state index in [-0.39, 0.29) is 11.9 Å². The van der Waals surface area contributed by atoms with E-state index in [1.54, 1.807) is 31.4 Å². The zero-order valence-corrected chi connectivity index (χ0v) is 21.5. The van der Waals surface area contributed by atoms with Gasteiger partial charge in [0.2, 0.25) is 5.89 Å². The molecule has 0 saturated heterocycles. The Hall–Kier alpha value is -3.54. The summed E-state index contributed by atoms with van der Waals surface area (Å²) in [5, 5.41) is 32.2. The van der Waals surface area contributed by atoms with Crippen LogP contribution in [0.4, 0.5) is 6.01 Å². The number of fused-ring (bicyclic) bond motifs is 3. The third kappa shape index (κ3) is 3.60. The summed E-state index contributed by atoms with van der Waals surface area (Å²) >= 11 is 0. The van der Waals surface area contributed by atoms with Gasteiger partial charge in [-0.15, -0.1) is 5.10 Å². The summed E-state index contributed by atoms with van der Waals surface area (Å²) in [6, 6.07) is 10.5. The van der Waals surface area contributed by atoms with Gasteiger partial charge in [-0.2, -0.15) is 0 Å². The first-order valence-electron chi connectivity index (χ1n) is 12.0. The maximum Gasteiger partial charge on any atom is 0.312 e. The smallest absolute Gasteiger partial charge is 0.312 e. The number of benzene rings is 2. The summed E-state index contributed by atoms with van der Waals surface area (Å²) in [6.07, 6.45) is -1.40. The third-order valence-corrected chi connectivity index (χ3v) is 7.49. The normalized spacial score (nSPS) is 28.1. The first-order valence-corrected chi connectivity index (χ1v) is 12.0. The van der Waals surface area contributed by atoms with Gasteiger partial charge in [0.05, 0.1) is 25.7 Å². The average molecular weight is 513 g/mol. The monoisotopic (exact) mass is 512 g/mol. The molecule has 37 heavy (non-hydrogen) atoms. The summed E-state index contributed by atoms with van der Waals surface area (Å²) in [5.74, 6) is 0.622. The van der Waals surface area contributed by atoms with E-state index in [2.05, 4.69) is 10.2 Å². The molecule has 1 aliphatic heterocycles. The maximum absolute atomic E-state index is 12.6. The molecular formula is C26H32N4O7. The van der Waals surface area contributed by atoms with Crippen molar-refractivity contribution in [1.29, 1.82) is 0 Å². The van der Waals surface area contributed by atoms with E-state index in [0.29, 0.717) is 47.3 Å². The Labute approximate surface area is 214 Å². The molecule has 0 spiro atoms. The van der Waals surface area contributed by atoms with Crippen LogP contribution in [0.1, 0.15) is 29.9 Å². The second kappa shape index (κ2) is 9.09. The first-order chi connectivity index (χ1) is 17.7. The molecule has 0 unspecified atom stereocenters. The Kier molecular flexibility index (Phi) is 6.17. The number of anilines is 1. The quantitative estimate of drug-likeness (QED) is 0.407. The van der Waals surface area contributed by atoms with Gasteiger partial charge in [0, 0.05) is 24.6 Å². The maximum atomic E-state index is 12.6. The van der Waals surface area contributed by atoms with Crippen molar-refractivity contribution in [2.75, 3.05) is 47.2 Å². The van der Waals surface area contributed by atoms with Crippen molar-refractivity contribution in [3.63, 3.8) is 0 Å². The lowest BCUT2D eigenvalue weighted by atomic mass is 9.73. The van der Waals surface area contributed by atoms with E-state index in [1.165, 1.54) is 7.11 Å². The molecule has 1 aliphatic carbocycles. The van der Waals surface area contributed by atoms with E-state index in [9.17, 15) is 10.2 Å². The van der Waals surface area contributed by atoms with Crippen molar-refractivity contribution in [3.8, 4) is 23.0 Å². The molecule has 11 heteroatoms. The molecule has 4 N–H and O–H groups in total. The molecule has 2 aromatic carbocycles. The minimum absolute atomic E-state index is 0.112. The molecule has 2 aliphatic rings. The van der Waals surface area contributed by atoms with Gasteiger partial charge in [-0.05, 0) is 31.8 Å². The number of hydrogen-bond acceptors (Lipinski definition) is 11. The number of hydrogen-bond donors (Lipinski definition) is 3. The van der Waals surface area contributed by atoms with E-state index in [0.717, 1.165) is 0 Å². The number of methoxy groups -OCH3 is 2. The van der Waals surface area contributed by atoms with Gasteiger partial charge < -0.3 is 44.2 Å². The summed E-state index contributed by atoms with van der Waals surface area (Å²) < 4.78 is 29.2. The minimum Gasteiger partial charge on any atom is -0.497 e. The lowest BCUT2D eigenvalue weighted by molar-refractivity contribution is -0.155. The van der Waals surface area contributed by atoms with E-state index < -0.39 is 29.1 Å². The standard InChI is InChI=1S/C26H32N4O7/c1-14-20(23-28-29-24(27)36-23)22(31)25(32)21-18(34-5)12-17(35-11-10-30(2)3)13-19(21)37-26(14,25)15-6-8-16(33-4)9-7-15/h6-9,12-14,20,22,31-32H,10-11H2,1-5H3,(H2,27,29)/t14-,20-,22-,25+,26-/m1/s1. The molecular weight excluding hydrogens is 480 g/mol. The van der Waals surface area contributed by atoms with Crippen LogP contribution in [0.15, 0.2) is 40.8 Å². The minimum atomic E-state index is -1.95. The highest BCUT2D eigenvalue weighted by Crippen LogP contribution is 2.69. The highest BCUT2D eigenvalue weighted by Gasteiger charge is 2.76. The van der Waals surface area contributed by atoms with Crippen LogP contribution in [0.2, 0.25) is 0 Å². The molecule has 0 radical (unpaired) electrons. The number of aliphatic hydroxyl groups is 2. The van der Waals surface area contributed by atoms with Gasteiger partial charge in [0.15, 0.2) is 11.2 Å². The number of nitrogens with two attached hydrogens (primary N) is 1. The van der Waals surface area contributed by atoms with E-state index in [1.807, 2.05) is 38.1 Å². The van der Waals surface area contributed by atoms with Gasteiger partial charge >= 0.3 is 6.01 Å². The number of ether oxygens (including phenoxy) is 4. The number of nitrogens with zero attached hydrogens (tertiary/aromatic N) is 3. The van der Waals surface area contributed by atoms with Gasteiger partial charge in [0.1, 0.15) is 35.7 Å². The molecule has 1 aromatic heterocycles. The summed E-state index contributed by atoms with van der Waals surface area (Å²) in [4.78, 5) is 2.01. The lowest BCUT2D eigenvalue weighted by Gasteiger charge is -2.39. The van der Waals surface area contributed by atoms with Crippen molar-refractivity contribution >= 4 is 6.01 Å². The largest absolute Gasteiger partial charge is 0.497 e. The highest BCUT2D eigenvalue weighted by molar-refractivity contribution is 5.62. The van der Waals surface area contributed by atoms with Crippen molar-refractivity contribution < 1.29 is 33.6 Å². The van der Waals surface area contributed by atoms with Crippen LogP contribution in [0.25, 0.3) is 0 Å². The van der Waals surface area contributed by atoms with Crippen LogP contribution < -0.4 is 24.7 Å². The predicted molar refractivity (Wildman–Crippen MR) is 133 cm³/mol. The number of rotatable bonds is 8. The van der Waals surface area contributed by atoms with Crippen LogP contribution in [0.3, 0.4) is 0 Å². The number of likely N-dealkylation sites (N-methyl/N-ethyl adjacent to an activating group) is 1. The Balaban J connectivity index is 1.69. The Bertz CT molecular complexity index is 1280. The third-order valence-electron chi connectivity index (χ3n) is 7.49. The topological polar surface area (TPSA) is 146 Å². The molecule has 198 valence electrons. The van der Waals surface area contributed by atoms with Gasteiger partial charge in [-0.25, -0.2) is 0 Å². The molecule has 5 rings (SSSR count). The van der Waals surface area contributed by atoms with Crippen LogP contribution in [-0.4, -0.2) is 72.9 Å². The highest BCUT2D eigenvalue weighted by atomic mass is 16.5. The van der Waals surface area contributed by atoms with Crippen LogP contribution in [0.5, 0.6) is 23.0 Å². The van der Waals surface area contributed by atoms with Crippen molar-refractivity contribution in [2.24, 2.45) is 5.92 Å². The van der Waals surface area contributed by atoms with Gasteiger partial charge in [0.25, 0.3) is 0 Å². The fraction of sp³-hybridized carbons (Fsp3) is 0.462. The number of nitrogen functional groups attached to an aromatic ring is 1. The second-order valence-corrected chi connectivity index (χ2v) is 9.72. The van der Waals surface area contributed by atoms with Crippen molar-refractivity contribution in [2.45, 2.75) is 30.1 Å². The Morgan fingerprint density at radius 2 is 1.81 bits per heavy atom. The molecule has 0 bridgehead atoms. The van der Waals surface area contributed by atoms with E-state index >= 15 is 0 Å². The summed E-state index contributed by atoms with van der Waals surface area (Å²) in [7, 11) is 6.99. The number of aromatic nitrogens is 2. The predicted octanol–water partition coefficient (Wildman–Crippen LogP) is 1.88. The van der Waals surface area contributed by atoms with Crippen molar-refractivity contribution in [1.82, 2.24) is 15.1 Å². The van der Waals surface area contributed by atoms with Crippen molar-refractivity contribution in [3.05, 3.63) is 53.4 Å². The fourth-order valence-corrected chi connectivity index (χ4v) is 5.75. The fourth-order valence-electron chi connectivity index (χ4n) is 5.75. The van der Waals surface area contributed by atoms with Gasteiger partial charge in [-0.1, -0.05) is 24.2 Å². The molecule has 2 heterocycles. The number of aliphatic hydroxyl groups excluding tert-OH is 1. The van der Waals surface area contributed by atoms with E-state index in [4.69, 9.17) is 29.1 Å². The zero-order valence-electron chi connectivity index (χ0n) is 21.5. The molecule has 1 saturated carbocycles. The second-order valence-electron chi connectivity index (χ2n) is 9.72. The molecule has 3 aromatic rings. The summed E-state index contributed by atoms with van der Waals surface area (Å²) in [5.41, 5.74) is 3.26. The van der Waals surface area contributed by atoms with Crippen LogP contribution in [0, 0.1) is 5.92 Å².